The molecule has 0 aliphatic heterocycles. The van der Waals surface area contributed by atoms with Gasteiger partial charge in [0.15, 0.2) is 11.4 Å². The van der Waals surface area contributed by atoms with Gasteiger partial charge >= 0.3 is 6.18 Å². The van der Waals surface area contributed by atoms with Crippen molar-refractivity contribution in [1.29, 1.82) is 0 Å². The van der Waals surface area contributed by atoms with Gasteiger partial charge in [-0.15, -0.1) is 5.10 Å². The zero-order chi connectivity index (χ0) is 21.9. The zero-order valence-electron chi connectivity index (χ0n) is 17.0. The maximum atomic E-state index is 13.7. The number of benzene rings is 1. The first-order valence-electron chi connectivity index (χ1n) is 9.93. The molecule has 0 unspecified atom stereocenters. The Bertz CT molecular complexity index is 876. The van der Waals surface area contributed by atoms with Crippen LogP contribution in [0, 0.1) is 5.82 Å². The summed E-state index contributed by atoms with van der Waals surface area (Å²) in [6.07, 6.45) is 0.858. The van der Waals surface area contributed by atoms with Crippen molar-refractivity contribution in [2.45, 2.75) is 44.3 Å². The highest BCUT2D eigenvalue weighted by Crippen LogP contribution is 2.33. The van der Waals surface area contributed by atoms with Crippen LogP contribution in [0.15, 0.2) is 24.3 Å². The number of carbonyl (C=O) groups excluding carboxylic acids is 1. The first kappa shape index (κ1) is 22.2. The fourth-order valence-corrected chi connectivity index (χ4v) is 3.76. The number of carbonyl (C=O) groups is 1. The summed E-state index contributed by atoms with van der Waals surface area (Å²) in [4.78, 5) is 16.1. The van der Waals surface area contributed by atoms with Crippen molar-refractivity contribution in [3.63, 3.8) is 0 Å². The third-order valence-electron chi connectivity index (χ3n) is 5.53. The molecule has 1 aliphatic rings. The lowest BCUT2D eigenvalue weighted by Gasteiger charge is -2.32. The average molecular weight is 427 g/mol. The van der Waals surface area contributed by atoms with Crippen LogP contribution in [0.3, 0.4) is 0 Å². The highest BCUT2D eigenvalue weighted by Gasteiger charge is 2.42. The Kier molecular flexibility index (Phi) is 6.74. The van der Waals surface area contributed by atoms with Crippen molar-refractivity contribution < 1.29 is 22.4 Å². The number of alkyl halides is 3. The Hall–Kier alpha value is -2.49. The van der Waals surface area contributed by atoms with E-state index in [1.165, 1.54) is 43.3 Å². The number of likely N-dealkylation sites (N-methyl/N-ethyl adjacent to an activating group) is 2. The van der Waals surface area contributed by atoms with E-state index in [0.29, 0.717) is 17.3 Å². The van der Waals surface area contributed by atoms with Gasteiger partial charge < -0.3 is 9.80 Å². The molecule has 164 valence electrons. The van der Waals surface area contributed by atoms with Gasteiger partial charge in [-0.25, -0.2) is 9.07 Å². The van der Waals surface area contributed by atoms with Gasteiger partial charge in [0.25, 0.3) is 5.91 Å². The van der Waals surface area contributed by atoms with Crippen molar-refractivity contribution in [3.8, 4) is 5.69 Å². The molecule has 0 radical (unpaired) electrons. The molecule has 1 amide bonds. The molecule has 3 rings (SSSR count). The lowest BCUT2D eigenvalue weighted by molar-refractivity contribution is -0.143. The molecule has 0 bridgehead atoms. The van der Waals surface area contributed by atoms with E-state index in [9.17, 15) is 22.4 Å². The Balaban J connectivity index is 1.78. The van der Waals surface area contributed by atoms with Crippen LogP contribution in [-0.4, -0.2) is 63.9 Å². The second kappa shape index (κ2) is 9.11. The minimum Gasteiger partial charge on any atom is -0.339 e. The summed E-state index contributed by atoms with van der Waals surface area (Å²) in [6.45, 7) is 0.808. The van der Waals surface area contributed by atoms with Crippen LogP contribution in [0.25, 0.3) is 5.69 Å². The van der Waals surface area contributed by atoms with Crippen LogP contribution in [0.5, 0.6) is 0 Å². The summed E-state index contributed by atoms with van der Waals surface area (Å²) < 4.78 is 55.1. The van der Waals surface area contributed by atoms with Crippen molar-refractivity contribution in [3.05, 3.63) is 41.5 Å². The zero-order valence-corrected chi connectivity index (χ0v) is 17.0. The minimum absolute atomic E-state index is 0.159. The van der Waals surface area contributed by atoms with Crippen molar-refractivity contribution in [1.82, 2.24) is 24.8 Å². The van der Waals surface area contributed by atoms with E-state index in [1.807, 2.05) is 7.05 Å². The standard InChI is InChI=1S/C20H25F4N5O/c1-27(15-8-4-3-5-9-15)11-12-28(2)19(30)17-18(20(22,23)24)29(26-25-17)16-10-6-7-14(21)13-16/h6-7,10,13,15H,3-5,8-9,11-12H2,1-2H3. The van der Waals surface area contributed by atoms with Crippen LogP contribution in [0.1, 0.15) is 48.3 Å². The summed E-state index contributed by atoms with van der Waals surface area (Å²) in [7, 11) is 3.41. The van der Waals surface area contributed by atoms with Crippen LogP contribution in [0.4, 0.5) is 17.6 Å². The van der Waals surface area contributed by atoms with Gasteiger partial charge in [0, 0.05) is 26.2 Å². The minimum atomic E-state index is -4.89. The van der Waals surface area contributed by atoms with E-state index in [2.05, 4.69) is 15.2 Å². The lowest BCUT2D eigenvalue weighted by Crippen LogP contribution is -2.40. The molecule has 1 fully saturated rings. The molecule has 0 N–H and O–H groups in total. The number of hydrogen-bond donors (Lipinski definition) is 0. The Morgan fingerprint density at radius 2 is 1.87 bits per heavy atom. The Morgan fingerprint density at radius 1 is 1.17 bits per heavy atom. The van der Waals surface area contributed by atoms with E-state index < -0.39 is 29.3 Å². The molecule has 1 saturated carbocycles. The van der Waals surface area contributed by atoms with E-state index in [1.54, 1.807) is 0 Å². The predicted octanol–water partition coefficient (Wildman–Crippen LogP) is 3.76. The van der Waals surface area contributed by atoms with Gasteiger partial charge in [-0.05, 0) is 38.1 Å². The number of amides is 1. The molecule has 2 aromatic rings. The summed E-state index contributed by atoms with van der Waals surface area (Å²) in [6, 6.07) is 4.98. The molecule has 1 heterocycles. The molecule has 6 nitrogen and oxygen atoms in total. The smallest absolute Gasteiger partial charge is 0.339 e. The normalized spacial score (nSPS) is 15.6. The number of nitrogens with zero attached hydrogens (tertiary/aromatic N) is 5. The van der Waals surface area contributed by atoms with E-state index in [4.69, 9.17) is 0 Å². The fourth-order valence-electron chi connectivity index (χ4n) is 3.76. The summed E-state index contributed by atoms with van der Waals surface area (Å²) >= 11 is 0. The monoisotopic (exact) mass is 427 g/mol. The van der Waals surface area contributed by atoms with Gasteiger partial charge in [-0.2, -0.15) is 13.2 Å². The van der Waals surface area contributed by atoms with Gasteiger partial charge in [0.1, 0.15) is 5.82 Å². The largest absolute Gasteiger partial charge is 0.435 e. The average Bonchev–Trinajstić information content (AvgIpc) is 3.17. The maximum absolute atomic E-state index is 13.7. The number of halogens is 4. The van der Waals surface area contributed by atoms with Crippen LogP contribution < -0.4 is 0 Å². The fraction of sp³-hybridized carbons (Fsp3) is 0.550. The summed E-state index contributed by atoms with van der Waals surface area (Å²) in [5.74, 6) is -1.59. The van der Waals surface area contributed by atoms with Gasteiger partial charge in [-0.1, -0.05) is 30.5 Å². The third kappa shape index (κ3) is 4.97. The lowest BCUT2D eigenvalue weighted by atomic mass is 9.94. The second-order valence-electron chi connectivity index (χ2n) is 7.68. The highest BCUT2D eigenvalue weighted by molar-refractivity contribution is 5.93. The van der Waals surface area contributed by atoms with Gasteiger partial charge in [0.2, 0.25) is 0 Å². The molecule has 10 heteroatoms. The second-order valence-corrected chi connectivity index (χ2v) is 7.68. The van der Waals surface area contributed by atoms with Crippen molar-refractivity contribution in [2.75, 3.05) is 27.2 Å². The van der Waals surface area contributed by atoms with Gasteiger partial charge in [0.05, 0.1) is 5.69 Å². The highest BCUT2D eigenvalue weighted by atomic mass is 19.4. The maximum Gasteiger partial charge on any atom is 0.435 e. The molecule has 1 aliphatic carbocycles. The van der Waals surface area contributed by atoms with Crippen LogP contribution in [0.2, 0.25) is 0 Å². The Morgan fingerprint density at radius 3 is 2.50 bits per heavy atom. The molecule has 30 heavy (non-hydrogen) atoms. The molecule has 0 atom stereocenters. The number of rotatable bonds is 6. The predicted molar refractivity (Wildman–Crippen MR) is 103 cm³/mol. The third-order valence-corrected chi connectivity index (χ3v) is 5.53. The molecule has 1 aromatic carbocycles. The molecule has 0 spiro atoms. The molecule has 1 aromatic heterocycles. The molecular formula is C20H25F4N5O. The SMILES string of the molecule is CN(CCN(C)C1CCCCC1)C(=O)c1nnn(-c2cccc(F)c2)c1C(F)(F)F. The van der Waals surface area contributed by atoms with Gasteiger partial charge in [-0.3, -0.25) is 4.79 Å². The molecule has 0 saturated heterocycles. The quantitative estimate of drug-likeness (QED) is 0.659. The van der Waals surface area contributed by atoms with E-state index >= 15 is 0 Å². The van der Waals surface area contributed by atoms with E-state index in [-0.39, 0.29) is 12.2 Å². The summed E-state index contributed by atoms with van der Waals surface area (Å²) in [5, 5.41) is 6.98. The topological polar surface area (TPSA) is 54.3 Å². The molecular weight excluding hydrogens is 402 g/mol. The first-order valence-corrected chi connectivity index (χ1v) is 9.93. The first-order chi connectivity index (χ1) is 14.2. The van der Waals surface area contributed by atoms with Crippen molar-refractivity contribution >= 4 is 5.91 Å². The van der Waals surface area contributed by atoms with Crippen molar-refractivity contribution in [2.24, 2.45) is 0 Å². The van der Waals surface area contributed by atoms with Crippen LogP contribution >= 0.6 is 0 Å². The summed E-state index contributed by atoms with van der Waals surface area (Å²) in [5.41, 5.74) is -2.27. The number of hydrogen-bond acceptors (Lipinski definition) is 4. The van der Waals surface area contributed by atoms with E-state index in [0.717, 1.165) is 25.0 Å². The number of aromatic nitrogens is 3. The van der Waals surface area contributed by atoms with Crippen LogP contribution in [-0.2, 0) is 6.18 Å². The Labute approximate surface area is 172 Å².